The molecule has 9 nitrogen and oxygen atoms in total. The van der Waals surface area contributed by atoms with E-state index in [1.54, 1.807) is 6.07 Å². The number of benzene rings is 2. The molecule has 1 atom stereocenters. The van der Waals surface area contributed by atoms with Crippen LogP contribution in [0.15, 0.2) is 53.8 Å². The molecule has 0 fully saturated rings. The third-order valence-electron chi connectivity index (χ3n) is 5.49. The van der Waals surface area contributed by atoms with Gasteiger partial charge in [0.25, 0.3) is 5.56 Å². The van der Waals surface area contributed by atoms with E-state index in [-0.39, 0.29) is 5.69 Å². The maximum atomic E-state index is 13.9. The quantitative estimate of drug-likeness (QED) is 0.348. The van der Waals surface area contributed by atoms with Crippen molar-refractivity contribution in [2.24, 2.45) is 0 Å². The number of hydrogen-bond acceptors (Lipinski definition) is 7. The van der Waals surface area contributed by atoms with Crippen LogP contribution in [0, 0.1) is 18.6 Å². The van der Waals surface area contributed by atoms with Gasteiger partial charge in [-0.05, 0) is 37.1 Å². The van der Waals surface area contributed by atoms with Crippen molar-refractivity contribution in [2.75, 3.05) is 10.7 Å². The number of anilines is 2. The van der Waals surface area contributed by atoms with Gasteiger partial charge in [0.15, 0.2) is 17.3 Å². The minimum Gasteiger partial charge on any atom is -0.358 e. The number of halogens is 2. The summed E-state index contributed by atoms with van der Waals surface area (Å²) in [4.78, 5) is 33.9. The summed E-state index contributed by atoms with van der Waals surface area (Å²) < 4.78 is 28.9. The molecule has 11 heteroatoms. The van der Waals surface area contributed by atoms with E-state index in [1.807, 2.05) is 26.0 Å². The number of aromatic nitrogens is 6. The number of imidazole rings is 1. The lowest BCUT2D eigenvalue weighted by molar-refractivity contribution is 0.582. The molecule has 0 saturated heterocycles. The maximum Gasteiger partial charge on any atom is 0.280 e. The van der Waals surface area contributed by atoms with Crippen LogP contribution in [0.3, 0.4) is 0 Å². The third kappa shape index (κ3) is 3.81. The fourth-order valence-electron chi connectivity index (χ4n) is 3.89. The molecule has 172 valence electrons. The highest BCUT2D eigenvalue weighted by Crippen LogP contribution is 2.25. The van der Waals surface area contributed by atoms with Gasteiger partial charge in [-0.15, -0.1) is 0 Å². The number of hydrogen-bond donors (Lipinski definition) is 3. The van der Waals surface area contributed by atoms with Crippen molar-refractivity contribution in [3.05, 3.63) is 82.4 Å². The van der Waals surface area contributed by atoms with Crippen LogP contribution in [-0.4, -0.2) is 29.6 Å². The van der Waals surface area contributed by atoms with Crippen LogP contribution >= 0.6 is 0 Å². The fourth-order valence-corrected chi connectivity index (χ4v) is 3.89. The Hall–Kier alpha value is -4.41. The molecule has 0 radical (unpaired) electrons. The Morgan fingerprint density at radius 1 is 1.12 bits per heavy atom. The second-order valence-corrected chi connectivity index (χ2v) is 7.78. The van der Waals surface area contributed by atoms with Crippen molar-refractivity contribution in [2.45, 2.75) is 26.3 Å². The van der Waals surface area contributed by atoms with Gasteiger partial charge in [-0.3, -0.25) is 10.2 Å². The molecule has 0 amide bonds. The molecule has 0 aliphatic heterocycles. The van der Waals surface area contributed by atoms with Crippen molar-refractivity contribution in [1.82, 2.24) is 29.6 Å². The van der Waals surface area contributed by atoms with E-state index in [9.17, 15) is 13.6 Å². The Kier molecular flexibility index (Phi) is 5.36. The number of aromatic amines is 1. The minimum absolute atomic E-state index is 0.0726. The second-order valence-electron chi connectivity index (χ2n) is 7.78. The highest BCUT2D eigenvalue weighted by molar-refractivity contribution is 5.83. The molecule has 1 unspecified atom stereocenters. The summed E-state index contributed by atoms with van der Waals surface area (Å²) in [6.07, 6.45) is 3.41. The molecule has 3 N–H and O–H groups in total. The smallest absolute Gasteiger partial charge is 0.280 e. The van der Waals surface area contributed by atoms with E-state index < -0.39 is 23.2 Å². The van der Waals surface area contributed by atoms with E-state index in [2.05, 4.69) is 30.7 Å². The minimum atomic E-state index is -0.769. The number of nitrogens with one attached hydrogen (secondary N) is 3. The summed E-state index contributed by atoms with van der Waals surface area (Å²) in [5, 5.41) is 3.70. The second kappa shape index (κ2) is 8.50. The van der Waals surface area contributed by atoms with Gasteiger partial charge in [-0.1, -0.05) is 19.1 Å². The fraction of sp³-hybridized carbons (Fsp3) is 0.174. The van der Waals surface area contributed by atoms with Crippen molar-refractivity contribution in [3.63, 3.8) is 0 Å². The van der Waals surface area contributed by atoms with Crippen LogP contribution in [-0.2, 0) is 0 Å². The Morgan fingerprint density at radius 3 is 2.68 bits per heavy atom. The highest BCUT2D eigenvalue weighted by Gasteiger charge is 2.22. The first-order valence-electron chi connectivity index (χ1n) is 10.6. The lowest BCUT2D eigenvalue weighted by atomic mass is 10.1. The van der Waals surface area contributed by atoms with Crippen LogP contribution < -0.4 is 16.3 Å². The molecule has 0 spiro atoms. The Morgan fingerprint density at radius 2 is 1.91 bits per heavy atom. The van der Waals surface area contributed by atoms with E-state index in [0.29, 0.717) is 40.1 Å². The lowest BCUT2D eigenvalue weighted by Gasteiger charge is -2.23. The van der Waals surface area contributed by atoms with Gasteiger partial charge in [0.05, 0.1) is 29.0 Å². The van der Waals surface area contributed by atoms with Gasteiger partial charge in [0.2, 0.25) is 0 Å². The van der Waals surface area contributed by atoms with E-state index in [1.165, 1.54) is 17.3 Å². The summed E-state index contributed by atoms with van der Waals surface area (Å²) in [7, 11) is 0. The molecule has 34 heavy (non-hydrogen) atoms. The van der Waals surface area contributed by atoms with Gasteiger partial charge in [0.1, 0.15) is 23.5 Å². The summed E-state index contributed by atoms with van der Waals surface area (Å²) in [6, 6.07) is 7.86. The molecule has 0 aliphatic carbocycles. The largest absolute Gasteiger partial charge is 0.358 e. The van der Waals surface area contributed by atoms with Crippen molar-refractivity contribution in [1.29, 1.82) is 0 Å². The van der Waals surface area contributed by atoms with Crippen LogP contribution in [0.2, 0.25) is 0 Å². The number of aryl methyl sites for hydroxylation is 1. The van der Waals surface area contributed by atoms with E-state index in [0.717, 1.165) is 23.8 Å². The standard InChI is InChI=1S/C23H20F2N8O/c1-3-16(30-21-19-20(27-10-26-19)28-11-29-21)22-31-17-6-4-5-12(2)18(17)23(34)33(22)32-15-8-13(24)7-14(25)9-15/h4-11,16,32H,3H2,1-2H3,(H2,26,27,28,29,30). The van der Waals surface area contributed by atoms with Gasteiger partial charge in [0, 0.05) is 6.07 Å². The Bertz CT molecular complexity index is 1560. The summed E-state index contributed by atoms with van der Waals surface area (Å²) >= 11 is 0. The highest BCUT2D eigenvalue weighted by atomic mass is 19.1. The molecule has 0 saturated carbocycles. The topological polar surface area (TPSA) is 113 Å². The van der Waals surface area contributed by atoms with E-state index in [4.69, 9.17) is 4.98 Å². The third-order valence-corrected chi connectivity index (χ3v) is 5.49. The Labute approximate surface area is 191 Å². The molecule has 0 bridgehead atoms. The monoisotopic (exact) mass is 462 g/mol. The number of fused-ring (bicyclic) bond motifs is 2. The average Bonchev–Trinajstić information content (AvgIpc) is 3.28. The zero-order valence-electron chi connectivity index (χ0n) is 18.3. The first kappa shape index (κ1) is 21.4. The van der Waals surface area contributed by atoms with E-state index >= 15 is 0 Å². The van der Waals surface area contributed by atoms with Crippen LogP contribution in [0.5, 0.6) is 0 Å². The van der Waals surface area contributed by atoms with Crippen LogP contribution in [0.1, 0.15) is 30.8 Å². The summed E-state index contributed by atoms with van der Waals surface area (Å²) in [5.41, 5.74) is 4.86. The molecule has 3 heterocycles. The molecule has 0 aliphatic rings. The lowest BCUT2D eigenvalue weighted by Crippen LogP contribution is -2.34. The van der Waals surface area contributed by atoms with Gasteiger partial charge >= 0.3 is 0 Å². The average molecular weight is 462 g/mol. The summed E-state index contributed by atoms with van der Waals surface area (Å²) in [5.74, 6) is -0.734. The molecule has 2 aromatic carbocycles. The number of rotatable bonds is 6. The van der Waals surface area contributed by atoms with Crippen molar-refractivity contribution >= 4 is 33.6 Å². The van der Waals surface area contributed by atoms with Gasteiger partial charge in [-0.2, -0.15) is 0 Å². The normalized spacial score (nSPS) is 12.2. The SMILES string of the molecule is CCC(Nc1ncnc2nc[nH]c12)c1nc2cccc(C)c2c(=O)n1Nc1cc(F)cc(F)c1. The molecule has 5 rings (SSSR count). The molecular formula is C23H20F2N8O. The number of H-pyrrole nitrogens is 1. The maximum absolute atomic E-state index is 13.9. The van der Waals surface area contributed by atoms with Crippen molar-refractivity contribution < 1.29 is 8.78 Å². The van der Waals surface area contributed by atoms with Gasteiger partial charge in [-0.25, -0.2) is 33.4 Å². The van der Waals surface area contributed by atoms with Crippen LogP contribution in [0.25, 0.3) is 22.1 Å². The first-order valence-corrected chi connectivity index (χ1v) is 10.6. The van der Waals surface area contributed by atoms with Crippen molar-refractivity contribution in [3.8, 4) is 0 Å². The molecule has 3 aromatic heterocycles. The predicted molar refractivity (Wildman–Crippen MR) is 124 cm³/mol. The molecule has 5 aromatic rings. The zero-order valence-corrected chi connectivity index (χ0v) is 18.3. The number of nitrogens with zero attached hydrogens (tertiary/aromatic N) is 5. The first-order chi connectivity index (χ1) is 16.4. The van der Waals surface area contributed by atoms with Crippen LogP contribution in [0.4, 0.5) is 20.3 Å². The molecular weight excluding hydrogens is 442 g/mol. The Balaban J connectivity index is 1.68. The zero-order chi connectivity index (χ0) is 23.8. The predicted octanol–water partition coefficient (Wildman–Crippen LogP) is 4.09. The summed E-state index contributed by atoms with van der Waals surface area (Å²) in [6.45, 7) is 3.73. The van der Waals surface area contributed by atoms with Gasteiger partial charge < -0.3 is 10.3 Å².